The first-order valence-corrected chi connectivity index (χ1v) is 7.97. The molecular weight excluding hydrogens is 234 g/mol. The molecule has 3 atom stereocenters. The molecule has 1 N–H and O–H groups in total. The van der Waals surface area contributed by atoms with Gasteiger partial charge in [-0.25, -0.2) is 9.97 Å². The van der Waals surface area contributed by atoms with Gasteiger partial charge in [0.15, 0.2) is 0 Å². The van der Waals surface area contributed by atoms with E-state index in [0.29, 0.717) is 0 Å². The highest BCUT2D eigenvalue weighted by Gasteiger charge is 2.39. The Kier molecular flexibility index (Phi) is 2.93. The van der Waals surface area contributed by atoms with E-state index in [2.05, 4.69) is 15.3 Å². The standard InChI is InChI=1S/C16H23N3/c1-2-4-15-14(3-1)16(19-10-18-15)17-9-13-8-11-5-6-12(13)7-11/h10-13H,1-9H2,(H,17,18,19). The summed E-state index contributed by atoms with van der Waals surface area (Å²) in [5.74, 6) is 4.06. The van der Waals surface area contributed by atoms with Crippen LogP contribution in [0.15, 0.2) is 6.33 Å². The maximum atomic E-state index is 4.49. The highest BCUT2D eigenvalue weighted by Crippen LogP contribution is 2.48. The molecule has 3 nitrogen and oxygen atoms in total. The average Bonchev–Trinajstić information content (AvgIpc) is 3.07. The van der Waals surface area contributed by atoms with E-state index in [1.54, 1.807) is 6.33 Å². The van der Waals surface area contributed by atoms with Crippen LogP contribution in [-0.4, -0.2) is 16.5 Å². The van der Waals surface area contributed by atoms with E-state index in [9.17, 15) is 0 Å². The monoisotopic (exact) mass is 257 g/mol. The molecule has 102 valence electrons. The Morgan fingerprint density at radius 3 is 2.89 bits per heavy atom. The number of aryl methyl sites for hydroxylation is 1. The van der Waals surface area contributed by atoms with Crippen molar-refractivity contribution in [3.63, 3.8) is 0 Å². The number of aromatic nitrogens is 2. The molecule has 0 aromatic carbocycles. The first-order valence-electron chi connectivity index (χ1n) is 7.97. The number of hydrogen-bond acceptors (Lipinski definition) is 3. The molecule has 3 aliphatic carbocycles. The van der Waals surface area contributed by atoms with Crippen LogP contribution < -0.4 is 5.32 Å². The summed E-state index contributed by atoms with van der Waals surface area (Å²) in [6.45, 7) is 1.13. The van der Waals surface area contributed by atoms with E-state index >= 15 is 0 Å². The van der Waals surface area contributed by atoms with Crippen molar-refractivity contribution >= 4 is 5.82 Å². The van der Waals surface area contributed by atoms with Gasteiger partial charge in [-0.15, -0.1) is 0 Å². The third kappa shape index (κ3) is 2.13. The second kappa shape index (κ2) is 4.77. The number of hydrogen-bond donors (Lipinski definition) is 1. The van der Waals surface area contributed by atoms with Crippen LogP contribution in [-0.2, 0) is 12.8 Å². The third-order valence-electron chi connectivity index (χ3n) is 5.54. The van der Waals surface area contributed by atoms with Gasteiger partial charge < -0.3 is 5.32 Å². The normalized spacial score (nSPS) is 32.3. The average molecular weight is 257 g/mol. The molecule has 0 amide bonds. The number of anilines is 1. The minimum atomic E-state index is 0.896. The van der Waals surface area contributed by atoms with E-state index in [4.69, 9.17) is 0 Å². The van der Waals surface area contributed by atoms with Gasteiger partial charge in [-0.3, -0.25) is 0 Å². The molecule has 2 fully saturated rings. The van der Waals surface area contributed by atoms with E-state index in [1.165, 1.54) is 49.8 Å². The van der Waals surface area contributed by atoms with Gasteiger partial charge in [-0.05, 0) is 62.7 Å². The van der Waals surface area contributed by atoms with Crippen LogP contribution in [0.25, 0.3) is 0 Å². The van der Waals surface area contributed by atoms with Crippen molar-refractivity contribution in [3.8, 4) is 0 Å². The zero-order valence-electron chi connectivity index (χ0n) is 11.6. The Balaban J connectivity index is 1.45. The van der Waals surface area contributed by atoms with Crippen molar-refractivity contribution in [2.45, 2.75) is 51.4 Å². The Morgan fingerprint density at radius 2 is 2.05 bits per heavy atom. The minimum absolute atomic E-state index is 0.896. The Labute approximate surface area is 115 Å². The van der Waals surface area contributed by atoms with Gasteiger partial charge in [0.25, 0.3) is 0 Å². The molecule has 4 rings (SSSR count). The van der Waals surface area contributed by atoms with Crippen LogP contribution in [0.3, 0.4) is 0 Å². The first-order chi connectivity index (χ1) is 9.40. The lowest BCUT2D eigenvalue weighted by atomic mass is 9.88. The van der Waals surface area contributed by atoms with Crippen LogP contribution in [0, 0.1) is 17.8 Å². The fraction of sp³-hybridized carbons (Fsp3) is 0.750. The van der Waals surface area contributed by atoms with Gasteiger partial charge in [0.05, 0.1) is 0 Å². The van der Waals surface area contributed by atoms with Crippen molar-refractivity contribution in [1.82, 2.24) is 9.97 Å². The summed E-state index contributed by atoms with van der Waals surface area (Å²) in [6, 6.07) is 0. The molecule has 2 saturated carbocycles. The molecule has 1 aromatic rings. The predicted molar refractivity (Wildman–Crippen MR) is 76.1 cm³/mol. The lowest BCUT2D eigenvalue weighted by Gasteiger charge is -2.24. The smallest absolute Gasteiger partial charge is 0.132 e. The van der Waals surface area contributed by atoms with Gasteiger partial charge in [0.1, 0.15) is 12.1 Å². The molecule has 1 heterocycles. The summed E-state index contributed by atoms with van der Waals surface area (Å²) in [7, 11) is 0. The van der Waals surface area contributed by atoms with E-state index < -0.39 is 0 Å². The molecule has 3 unspecified atom stereocenters. The van der Waals surface area contributed by atoms with Crippen molar-refractivity contribution in [2.75, 3.05) is 11.9 Å². The SMILES string of the molecule is c1nc2c(c(NCC3CC4CCC3C4)n1)CCCC2. The first kappa shape index (κ1) is 11.7. The maximum Gasteiger partial charge on any atom is 0.132 e. The Hall–Kier alpha value is -1.12. The summed E-state index contributed by atoms with van der Waals surface area (Å²) in [4.78, 5) is 8.94. The van der Waals surface area contributed by atoms with Crippen LogP contribution in [0.2, 0.25) is 0 Å². The van der Waals surface area contributed by atoms with Crippen LogP contribution in [0.5, 0.6) is 0 Å². The van der Waals surface area contributed by atoms with Gasteiger partial charge in [-0.1, -0.05) is 6.42 Å². The summed E-state index contributed by atoms with van der Waals surface area (Å²) in [6.07, 6.45) is 12.5. The van der Waals surface area contributed by atoms with Crippen LogP contribution in [0.1, 0.15) is 49.8 Å². The minimum Gasteiger partial charge on any atom is -0.369 e. The molecule has 0 aliphatic heterocycles. The van der Waals surface area contributed by atoms with E-state index in [1.807, 2.05) is 0 Å². The Bertz CT molecular complexity index is 471. The molecule has 2 bridgehead atoms. The molecule has 3 aliphatic rings. The number of nitrogens with zero attached hydrogens (tertiary/aromatic N) is 2. The molecular formula is C16H23N3. The quantitative estimate of drug-likeness (QED) is 0.903. The molecule has 0 radical (unpaired) electrons. The zero-order chi connectivity index (χ0) is 12.7. The summed E-state index contributed by atoms with van der Waals surface area (Å²) in [5.41, 5.74) is 2.69. The van der Waals surface area contributed by atoms with E-state index in [-0.39, 0.29) is 0 Å². The second-order valence-corrected chi connectivity index (χ2v) is 6.67. The van der Waals surface area contributed by atoms with Crippen molar-refractivity contribution in [2.24, 2.45) is 17.8 Å². The van der Waals surface area contributed by atoms with Crippen molar-refractivity contribution < 1.29 is 0 Å². The summed E-state index contributed by atoms with van der Waals surface area (Å²) in [5, 5.41) is 3.65. The fourth-order valence-corrected chi connectivity index (χ4v) is 4.53. The molecule has 3 heteroatoms. The Morgan fingerprint density at radius 1 is 1.11 bits per heavy atom. The van der Waals surface area contributed by atoms with Crippen LogP contribution >= 0.6 is 0 Å². The molecule has 0 spiro atoms. The number of fused-ring (bicyclic) bond motifs is 3. The lowest BCUT2D eigenvalue weighted by molar-refractivity contribution is 0.348. The largest absolute Gasteiger partial charge is 0.369 e. The molecule has 0 saturated heterocycles. The van der Waals surface area contributed by atoms with Gasteiger partial charge in [-0.2, -0.15) is 0 Å². The maximum absolute atomic E-state index is 4.49. The fourth-order valence-electron chi connectivity index (χ4n) is 4.53. The van der Waals surface area contributed by atoms with Crippen LogP contribution in [0.4, 0.5) is 5.82 Å². The summed E-state index contributed by atoms with van der Waals surface area (Å²) < 4.78 is 0. The zero-order valence-corrected chi connectivity index (χ0v) is 11.6. The van der Waals surface area contributed by atoms with Gasteiger partial charge in [0.2, 0.25) is 0 Å². The van der Waals surface area contributed by atoms with Crippen molar-refractivity contribution in [1.29, 1.82) is 0 Å². The lowest BCUT2D eigenvalue weighted by Crippen LogP contribution is -2.22. The second-order valence-electron chi connectivity index (χ2n) is 6.67. The predicted octanol–water partition coefficient (Wildman–Crippen LogP) is 3.20. The summed E-state index contributed by atoms with van der Waals surface area (Å²) >= 11 is 0. The van der Waals surface area contributed by atoms with E-state index in [0.717, 1.165) is 43.0 Å². The van der Waals surface area contributed by atoms with Crippen molar-refractivity contribution in [3.05, 3.63) is 17.6 Å². The van der Waals surface area contributed by atoms with Gasteiger partial charge >= 0.3 is 0 Å². The molecule has 1 aromatic heterocycles. The number of nitrogens with one attached hydrogen (secondary N) is 1. The topological polar surface area (TPSA) is 37.8 Å². The van der Waals surface area contributed by atoms with Gasteiger partial charge in [0, 0.05) is 17.8 Å². The highest BCUT2D eigenvalue weighted by molar-refractivity contribution is 5.47. The molecule has 19 heavy (non-hydrogen) atoms. The number of rotatable bonds is 3. The third-order valence-corrected chi connectivity index (χ3v) is 5.54. The highest BCUT2D eigenvalue weighted by atomic mass is 15.0.